The molecule has 2 rings (SSSR count). The average Bonchev–Trinajstić information content (AvgIpc) is 2.38. The third-order valence-corrected chi connectivity index (χ3v) is 4.66. The van der Waals surface area contributed by atoms with Gasteiger partial charge in [-0.15, -0.1) is 0 Å². The van der Waals surface area contributed by atoms with Crippen LogP contribution in [0.25, 0.3) is 0 Å². The minimum Gasteiger partial charge on any atom is -0.293 e. The SMILES string of the molecule is Cc1cc(C)c(C(=O)CS(=O)Cc2ccccc2)c(C)c1. The molecule has 0 spiro atoms. The monoisotopic (exact) mass is 300 g/mol. The van der Waals surface area contributed by atoms with Gasteiger partial charge in [-0.1, -0.05) is 48.0 Å². The highest BCUT2D eigenvalue weighted by molar-refractivity contribution is 7.85. The quantitative estimate of drug-likeness (QED) is 0.788. The summed E-state index contributed by atoms with van der Waals surface area (Å²) in [4.78, 5) is 12.4. The minimum absolute atomic E-state index is 0.0285. The van der Waals surface area contributed by atoms with E-state index in [1.54, 1.807) is 0 Å². The van der Waals surface area contributed by atoms with Gasteiger partial charge in [0, 0.05) is 22.1 Å². The van der Waals surface area contributed by atoms with Crippen LogP contribution in [0, 0.1) is 20.8 Å². The van der Waals surface area contributed by atoms with E-state index >= 15 is 0 Å². The third-order valence-electron chi connectivity index (χ3n) is 3.42. The smallest absolute Gasteiger partial charge is 0.175 e. The molecule has 0 bridgehead atoms. The zero-order chi connectivity index (χ0) is 15.4. The van der Waals surface area contributed by atoms with Gasteiger partial charge in [-0.05, 0) is 37.5 Å². The summed E-state index contributed by atoms with van der Waals surface area (Å²) < 4.78 is 12.2. The molecule has 21 heavy (non-hydrogen) atoms. The molecule has 0 aliphatic carbocycles. The molecule has 0 aliphatic heterocycles. The maximum atomic E-state index is 12.4. The Hall–Kier alpha value is -1.74. The fourth-order valence-corrected chi connectivity index (χ4v) is 3.75. The number of Topliss-reactive ketones (excluding diaryl/α,β-unsaturated/α-hetero) is 1. The first kappa shape index (κ1) is 15.6. The minimum atomic E-state index is -1.17. The number of carbonyl (C=O) groups is 1. The Morgan fingerprint density at radius 2 is 1.57 bits per heavy atom. The lowest BCUT2D eigenvalue weighted by atomic mass is 9.97. The third kappa shape index (κ3) is 4.11. The van der Waals surface area contributed by atoms with Crippen LogP contribution in [0.5, 0.6) is 0 Å². The van der Waals surface area contributed by atoms with E-state index in [4.69, 9.17) is 0 Å². The molecular weight excluding hydrogens is 280 g/mol. The van der Waals surface area contributed by atoms with Crippen molar-refractivity contribution in [3.05, 3.63) is 70.3 Å². The molecule has 0 radical (unpaired) electrons. The van der Waals surface area contributed by atoms with Crippen molar-refractivity contribution in [1.82, 2.24) is 0 Å². The van der Waals surface area contributed by atoms with E-state index in [2.05, 4.69) is 0 Å². The van der Waals surface area contributed by atoms with Crippen molar-refractivity contribution in [2.75, 3.05) is 5.75 Å². The van der Waals surface area contributed by atoms with E-state index in [1.165, 1.54) is 0 Å². The topological polar surface area (TPSA) is 34.1 Å². The first-order valence-electron chi connectivity index (χ1n) is 6.97. The van der Waals surface area contributed by atoms with Gasteiger partial charge in [0.1, 0.15) is 0 Å². The van der Waals surface area contributed by atoms with Crippen molar-refractivity contribution in [3.8, 4) is 0 Å². The number of carbonyl (C=O) groups excluding carboxylic acids is 1. The summed E-state index contributed by atoms with van der Waals surface area (Å²) >= 11 is 0. The van der Waals surface area contributed by atoms with E-state index in [-0.39, 0.29) is 11.5 Å². The van der Waals surface area contributed by atoms with E-state index in [0.29, 0.717) is 5.75 Å². The molecule has 0 N–H and O–H groups in total. The van der Waals surface area contributed by atoms with Gasteiger partial charge in [0.25, 0.3) is 0 Å². The Morgan fingerprint density at radius 3 is 2.14 bits per heavy atom. The molecule has 0 aromatic heterocycles. The molecule has 1 unspecified atom stereocenters. The largest absolute Gasteiger partial charge is 0.293 e. The number of aryl methyl sites for hydroxylation is 3. The molecule has 0 fully saturated rings. The Balaban J connectivity index is 2.10. The van der Waals surface area contributed by atoms with Gasteiger partial charge in [-0.25, -0.2) is 0 Å². The normalized spacial score (nSPS) is 12.1. The molecule has 0 saturated heterocycles. The molecule has 110 valence electrons. The molecule has 2 aromatic carbocycles. The fraction of sp³-hybridized carbons (Fsp3) is 0.278. The summed E-state index contributed by atoms with van der Waals surface area (Å²) in [7, 11) is -1.17. The Kier molecular flexibility index (Phi) is 5.07. The molecule has 3 heteroatoms. The maximum Gasteiger partial charge on any atom is 0.175 e. The molecule has 0 saturated carbocycles. The second-order valence-corrected chi connectivity index (χ2v) is 6.87. The van der Waals surface area contributed by atoms with Crippen LogP contribution in [0.4, 0.5) is 0 Å². The number of hydrogen-bond acceptors (Lipinski definition) is 2. The Labute approximate surface area is 128 Å². The second kappa shape index (κ2) is 6.81. The van der Waals surface area contributed by atoms with Crippen molar-refractivity contribution in [2.24, 2.45) is 0 Å². The van der Waals surface area contributed by atoms with Crippen molar-refractivity contribution < 1.29 is 9.00 Å². The van der Waals surface area contributed by atoms with E-state index in [1.807, 2.05) is 63.2 Å². The van der Waals surface area contributed by atoms with Crippen LogP contribution in [-0.2, 0) is 16.6 Å². The summed E-state index contributed by atoms with van der Waals surface area (Å²) in [6, 6.07) is 13.6. The number of hydrogen-bond donors (Lipinski definition) is 0. The van der Waals surface area contributed by atoms with Crippen LogP contribution in [0.1, 0.15) is 32.6 Å². The Morgan fingerprint density at radius 1 is 1.00 bits per heavy atom. The van der Waals surface area contributed by atoms with Crippen molar-refractivity contribution >= 4 is 16.6 Å². The number of rotatable bonds is 5. The van der Waals surface area contributed by atoms with Gasteiger partial charge < -0.3 is 0 Å². The van der Waals surface area contributed by atoms with Crippen molar-refractivity contribution in [3.63, 3.8) is 0 Å². The summed E-state index contributed by atoms with van der Waals surface area (Å²) in [6.07, 6.45) is 0. The van der Waals surface area contributed by atoms with E-state index in [9.17, 15) is 9.00 Å². The molecule has 0 aliphatic rings. The number of ketones is 1. The van der Waals surface area contributed by atoms with Gasteiger partial charge in [-0.3, -0.25) is 9.00 Å². The van der Waals surface area contributed by atoms with Gasteiger partial charge in [0.2, 0.25) is 0 Å². The van der Waals surface area contributed by atoms with Gasteiger partial charge in [0.05, 0.1) is 5.75 Å². The maximum absolute atomic E-state index is 12.4. The standard InChI is InChI=1S/C18H20O2S/c1-13-9-14(2)18(15(3)10-13)17(19)12-21(20)11-16-7-5-4-6-8-16/h4-10H,11-12H2,1-3H3. The highest BCUT2D eigenvalue weighted by Crippen LogP contribution is 2.17. The highest BCUT2D eigenvalue weighted by atomic mass is 32.2. The van der Waals surface area contributed by atoms with E-state index in [0.717, 1.165) is 27.8 Å². The molecule has 1 atom stereocenters. The summed E-state index contributed by atoms with van der Waals surface area (Å²) in [6.45, 7) is 5.89. The summed E-state index contributed by atoms with van der Waals surface area (Å²) in [5, 5.41) is 0. The van der Waals surface area contributed by atoms with Crippen LogP contribution >= 0.6 is 0 Å². The molecule has 2 nitrogen and oxygen atoms in total. The molecule has 0 amide bonds. The van der Waals surface area contributed by atoms with Crippen molar-refractivity contribution in [2.45, 2.75) is 26.5 Å². The first-order valence-corrected chi connectivity index (χ1v) is 8.46. The van der Waals surface area contributed by atoms with Crippen LogP contribution in [0.2, 0.25) is 0 Å². The van der Waals surface area contributed by atoms with Crippen LogP contribution in [-0.4, -0.2) is 15.7 Å². The summed E-state index contributed by atoms with van der Waals surface area (Å²) in [5.41, 5.74) is 4.80. The molecule has 2 aromatic rings. The van der Waals surface area contributed by atoms with Crippen LogP contribution < -0.4 is 0 Å². The summed E-state index contributed by atoms with van der Waals surface area (Å²) in [5.74, 6) is 0.482. The van der Waals surface area contributed by atoms with Gasteiger partial charge >= 0.3 is 0 Å². The Bertz CT molecular complexity index is 652. The predicted octanol–water partition coefficient (Wildman–Crippen LogP) is 3.74. The number of benzene rings is 2. The van der Waals surface area contributed by atoms with Gasteiger partial charge in [0.15, 0.2) is 5.78 Å². The average molecular weight is 300 g/mol. The predicted molar refractivity (Wildman–Crippen MR) is 88.1 cm³/mol. The van der Waals surface area contributed by atoms with Crippen molar-refractivity contribution in [1.29, 1.82) is 0 Å². The zero-order valence-corrected chi connectivity index (χ0v) is 13.5. The lowest BCUT2D eigenvalue weighted by molar-refractivity contribution is 0.102. The van der Waals surface area contributed by atoms with Crippen LogP contribution in [0.15, 0.2) is 42.5 Å². The molecule has 0 heterocycles. The lowest BCUT2D eigenvalue weighted by Gasteiger charge is -2.10. The molecular formula is C18H20O2S. The first-order chi connectivity index (χ1) is 9.97. The zero-order valence-electron chi connectivity index (χ0n) is 12.7. The second-order valence-electron chi connectivity index (χ2n) is 5.41. The lowest BCUT2D eigenvalue weighted by Crippen LogP contribution is -2.15. The van der Waals surface area contributed by atoms with Crippen LogP contribution in [0.3, 0.4) is 0 Å². The van der Waals surface area contributed by atoms with Gasteiger partial charge in [-0.2, -0.15) is 0 Å². The fourth-order valence-electron chi connectivity index (χ4n) is 2.65. The van der Waals surface area contributed by atoms with E-state index < -0.39 is 10.8 Å². The highest BCUT2D eigenvalue weighted by Gasteiger charge is 2.16.